The van der Waals surface area contributed by atoms with Crippen molar-refractivity contribution in [2.45, 2.75) is 25.0 Å². The van der Waals surface area contributed by atoms with Crippen LogP contribution in [-0.2, 0) is 14.3 Å². The highest BCUT2D eigenvalue weighted by molar-refractivity contribution is 5.98. The molecule has 2 aromatic rings. The lowest BCUT2D eigenvalue weighted by atomic mass is 10.2. The minimum Gasteiger partial charge on any atom is -0.463 e. The number of esters is 1. The molecular formula is C16H18N2O5. The molecule has 0 bridgehead atoms. The van der Waals surface area contributed by atoms with Gasteiger partial charge in [0.25, 0.3) is 5.91 Å². The summed E-state index contributed by atoms with van der Waals surface area (Å²) in [4.78, 5) is 23.7. The van der Waals surface area contributed by atoms with Gasteiger partial charge in [-0.15, -0.1) is 0 Å². The van der Waals surface area contributed by atoms with Crippen LogP contribution < -0.4 is 11.1 Å². The first-order chi connectivity index (χ1) is 11.1. The number of furan rings is 1. The molecule has 0 unspecified atom stereocenters. The topological polar surface area (TPSA) is 104 Å². The van der Waals surface area contributed by atoms with Gasteiger partial charge in [-0.05, 0) is 37.1 Å². The second kappa shape index (κ2) is 6.39. The number of methoxy groups -OCH3 is 1. The van der Waals surface area contributed by atoms with Crippen LogP contribution in [0.25, 0.3) is 11.0 Å². The van der Waals surface area contributed by atoms with E-state index in [4.69, 9.17) is 14.9 Å². The zero-order valence-electron chi connectivity index (χ0n) is 12.7. The van der Waals surface area contributed by atoms with Crippen molar-refractivity contribution < 1.29 is 23.5 Å². The number of hydrogen-bond donors (Lipinski definition) is 2. The van der Waals surface area contributed by atoms with Crippen LogP contribution in [0.4, 0.5) is 5.69 Å². The van der Waals surface area contributed by atoms with Gasteiger partial charge in [-0.1, -0.05) is 0 Å². The van der Waals surface area contributed by atoms with Crippen molar-refractivity contribution >= 4 is 28.5 Å². The van der Waals surface area contributed by atoms with Crippen LogP contribution in [0.2, 0.25) is 0 Å². The van der Waals surface area contributed by atoms with Gasteiger partial charge < -0.3 is 24.9 Å². The van der Waals surface area contributed by atoms with E-state index in [1.54, 1.807) is 24.3 Å². The van der Waals surface area contributed by atoms with Crippen molar-refractivity contribution in [1.82, 2.24) is 0 Å². The van der Waals surface area contributed by atoms with E-state index in [1.807, 2.05) is 0 Å². The van der Waals surface area contributed by atoms with Gasteiger partial charge in [-0.2, -0.15) is 0 Å². The van der Waals surface area contributed by atoms with Gasteiger partial charge in [0.1, 0.15) is 11.7 Å². The third-order valence-corrected chi connectivity index (χ3v) is 3.83. The van der Waals surface area contributed by atoms with E-state index in [1.165, 1.54) is 7.11 Å². The van der Waals surface area contributed by atoms with E-state index in [9.17, 15) is 9.59 Å². The molecule has 1 fully saturated rings. The van der Waals surface area contributed by atoms with Crippen molar-refractivity contribution in [1.29, 1.82) is 0 Å². The van der Waals surface area contributed by atoms with Crippen molar-refractivity contribution in [3.8, 4) is 0 Å². The van der Waals surface area contributed by atoms with Gasteiger partial charge in [-0.25, -0.2) is 4.79 Å². The lowest BCUT2D eigenvalue weighted by Crippen LogP contribution is -2.29. The smallest absolute Gasteiger partial charge is 0.373 e. The first kappa shape index (κ1) is 15.5. The SMILES string of the molecule is COC(=O)c1cc2cc(NC(=O)[C@@H]3CC[C@H](CN)O3)ccc2o1. The van der Waals surface area contributed by atoms with E-state index in [0.29, 0.717) is 29.6 Å². The maximum atomic E-state index is 12.2. The predicted octanol–water partition coefficient (Wildman–Crippen LogP) is 1.66. The van der Waals surface area contributed by atoms with Crippen LogP contribution in [0.1, 0.15) is 23.4 Å². The largest absolute Gasteiger partial charge is 0.463 e. The number of anilines is 1. The summed E-state index contributed by atoms with van der Waals surface area (Å²) < 4.78 is 15.6. The first-order valence-corrected chi connectivity index (χ1v) is 7.39. The fourth-order valence-electron chi connectivity index (χ4n) is 2.62. The number of nitrogens with one attached hydrogen (secondary N) is 1. The summed E-state index contributed by atoms with van der Waals surface area (Å²) in [7, 11) is 1.29. The summed E-state index contributed by atoms with van der Waals surface area (Å²) in [5, 5.41) is 3.51. The Morgan fingerprint density at radius 1 is 1.35 bits per heavy atom. The van der Waals surface area contributed by atoms with Gasteiger partial charge in [-0.3, -0.25) is 4.79 Å². The molecular weight excluding hydrogens is 300 g/mol. The number of amides is 1. The third-order valence-electron chi connectivity index (χ3n) is 3.83. The maximum absolute atomic E-state index is 12.2. The van der Waals surface area contributed by atoms with Crippen LogP contribution >= 0.6 is 0 Å². The van der Waals surface area contributed by atoms with E-state index < -0.39 is 12.1 Å². The van der Waals surface area contributed by atoms with Gasteiger partial charge in [0.2, 0.25) is 5.76 Å². The fourth-order valence-corrected chi connectivity index (χ4v) is 2.62. The van der Waals surface area contributed by atoms with Crippen molar-refractivity contribution in [2.75, 3.05) is 19.0 Å². The Balaban J connectivity index is 1.73. The molecule has 0 saturated carbocycles. The number of carbonyl (C=O) groups excluding carboxylic acids is 2. The molecule has 0 aliphatic carbocycles. The molecule has 1 saturated heterocycles. The molecule has 7 heteroatoms. The zero-order chi connectivity index (χ0) is 16.4. The molecule has 122 valence electrons. The molecule has 3 rings (SSSR count). The van der Waals surface area contributed by atoms with Crippen LogP contribution in [-0.4, -0.2) is 37.7 Å². The summed E-state index contributed by atoms with van der Waals surface area (Å²) in [6.07, 6.45) is 0.922. The average Bonchev–Trinajstić information content (AvgIpc) is 3.20. The minimum atomic E-state index is -0.543. The molecule has 1 aromatic carbocycles. The summed E-state index contributed by atoms with van der Waals surface area (Å²) in [6, 6.07) is 6.71. The Hall–Kier alpha value is -2.38. The Labute approximate surface area is 132 Å². The van der Waals surface area contributed by atoms with Crippen molar-refractivity contribution in [2.24, 2.45) is 5.73 Å². The molecule has 1 amide bonds. The average molecular weight is 318 g/mol. The summed E-state index contributed by atoms with van der Waals surface area (Å²) in [5.41, 5.74) is 6.70. The van der Waals surface area contributed by atoms with E-state index in [2.05, 4.69) is 10.1 Å². The number of fused-ring (bicyclic) bond motifs is 1. The predicted molar refractivity (Wildman–Crippen MR) is 83.1 cm³/mol. The van der Waals surface area contributed by atoms with Crippen LogP contribution in [0.5, 0.6) is 0 Å². The Morgan fingerprint density at radius 3 is 2.87 bits per heavy atom. The highest BCUT2D eigenvalue weighted by atomic mass is 16.5. The number of hydrogen-bond acceptors (Lipinski definition) is 6. The van der Waals surface area contributed by atoms with E-state index in [-0.39, 0.29) is 17.8 Å². The monoisotopic (exact) mass is 318 g/mol. The van der Waals surface area contributed by atoms with Crippen LogP contribution in [0, 0.1) is 0 Å². The Kier molecular flexibility index (Phi) is 4.31. The van der Waals surface area contributed by atoms with Gasteiger partial charge in [0.05, 0.1) is 13.2 Å². The highest BCUT2D eigenvalue weighted by Gasteiger charge is 2.29. The molecule has 1 aromatic heterocycles. The van der Waals surface area contributed by atoms with E-state index >= 15 is 0 Å². The molecule has 3 N–H and O–H groups in total. The lowest BCUT2D eigenvalue weighted by molar-refractivity contribution is -0.126. The van der Waals surface area contributed by atoms with Crippen LogP contribution in [0.15, 0.2) is 28.7 Å². The molecule has 0 spiro atoms. The summed E-state index contributed by atoms with van der Waals surface area (Å²) in [5.74, 6) is -0.619. The standard InChI is InChI=1S/C16H18N2O5/c1-21-16(20)14-7-9-6-10(2-4-12(9)23-14)18-15(19)13-5-3-11(8-17)22-13/h2,4,6-7,11,13H,3,5,8,17H2,1H3,(H,18,19)/t11-,13+/m1/s1. The number of benzene rings is 1. The van der Waals surface area contributed by atoms with Crippen molar-refractivity contribution in [3.63, 3.8) is 0 Å². The Morgan fingerprint density at radius 2 is 2.17 bits per heavy atom. The minimum absolute atomic E-state index is 0.0512. The lowest BCUT2D eigenvalue weighted by Gasteiger charge is -2.12. The summed E-state index contributed by atoms with van der Waals surface area (Å²) >= 11 is 0. The molecule has 23 heavy (non-hydrogen) atoms. The molecule has 2 atom stereocenters. The Bertz CT molecular complexity index is 739. The van der Waals surface area contributed by atoms with Gasteiger partial charge in [0, 0.05) is 17.6 Å². The molecule has 2 heterocycles. The van der Waals surface area contributed by atoms with Gasteiger partial charge >= 0.3 is 5.97 Å². The zero-order valence-corrected chi connectivity index (χ0v) is 12.7. The molecule has 1 aliphatic heterocycles. The number of ether oxygens (including phenoxy) is 2. The first-order valence-electron chi connectivity index (χ1n) is 7.39. The van der Waals surface area contributed by atoms with Crippen molar-refractivity contribution in [3.05, 3.63) is 30.0 Å². The molecule has 1 aliphatic rings. The quantitative estimate of drug-likeness (QED) is 0.831. The van der Waals surface area contributed by atoms with Crippen LogP contribution in [0.3, 0.4) is 0 Å². The highest BCUT2D eigenvalue weighted by Crippen LogP contribution is 2.25. The second-order valence-corrected chi connectivity index (χ2v) is 5.40. The number of carbonyl (C=O) groups is 2. The number of rotatable bonds is 4. The summed E-state index contributed by atoms with van der Waals surface area (Å²) in [6.45, 7) is 0.418. The van der Waals surface area contributed by atoms with E-state index in [0.717, 1.165) is 6.42 Å². The maximum Gasteiger partial charge on any atom is 0.373 e. The number of nitrogens with two attached hydrogens (primary N) is 1. The third kappa shape index (κ3) is 3.20. The fraction of sp³-hybridized carbons (Fsp3) is 0.375. The molecule has 7 nitrogen and oxygen atoms in total. The second-order valence-electron chi connectivity index (χ2n) is 5.40. The van der Waals surface area contributed by atoms with Gasteiger partial charge in [0.15, 0.2) is 0 Å². The normalized spacial score (nSPS) is 20.6. The molecule has 0 radical (unpaired) electrons.